The van der Waals surface area contributed by atoms with Gasteiger partial charge in [0.15, 0.2) is 0 Å². The molecule has 1 aromatic heterocycles. The summed E-state index contributed by atoms with van der Waals surface area (Å²) in [6.07, 6.45) is -1.08. The highest BCUT2D eigenvalue weighted by molar-refractivity contribution is 7.99. The van der Waals surface area contributed by atoms with Gasteiger partial charge in [-0.05, 0) is 21.6 Å². The molecule has 0 saturated heterocycles. The van der Waals surface area contributed by atoms with Crippen molar-refractivity contribution < 1.29 is 14.9 Å². The fraction of sp³-hybridized carbons (Fsp3) is 0.500. The zero-order valence-electron chi connectivity index (χ0n) is 12.6. The van der Waals surface area contributed by atoms with Gasteiger partial charge in [0.2, 0.25) is 5.16 Å². The minimum atomic E-state index is -0.704. The predicted octanol–water partition coefficient (Wildman–Crippen LogP) is 0.933. The van der Waals surface area contributed by atoms with Gasteiger partial charge in [0.1, 0.15) is 0 Å². The number of aromatic nitrogens is 4. The normalized spacial score (nSPS) is 14.0. The molecular weight excluding hydrogens is 304 g/mol. The fourth-order valence-electron chi connectivity index (χ4n) is 1.98. The van der Waals surface area contributed by atoms with Crippen LogP contribution in [-0.2, 0) is 18.4 Å². The zero-order valence-corrected chi connectivity index (χ0v) is 13.4. The Morgan fingerprint density at radius 3 is 2.59 bits per heavy atom. The van der Waals surface area contributed by atoms with Gasteiger partial charge in [-0.2, -0.15) is 0 Å². The molecule has 1 aromatic carbocycles. The first kappa shape index (κ1) is 16.9. The number of thioether (sulfide) groups is 1. The lowest BCUT2D eigenvalue weighted by molar-refractivity contribution is 0.0930. The molecule has 0 aliphatic heterocycles. The smallest absolute Gasteiger partial charge is 0.209 e. The molecule has 0 amide bonds. The van der Waals surface area contributed by atoms with E-state index < -0.39 is 12.2 Å². The quantitative estimate of drug-likeness (QED) is 0.698. The SMILES string of the molecule is COCc1ccc([C@H](O)C[C@H](O)CSc2nnnn2C)cc1. The second-order valence-corrected chi connectivity index (χ2v) is 5.96. The Balaban J connectivity index is 1.82. The molecule has 0 aliphatic carbocycles. The standard InChI is InChI=1S/C14H20N4O3S/c1-18-14(15-16-17-18)22-9-12(19)7-13(20)11-5-3-10(4-6-11)8-21-2/h3-6,12-13,19-20H,7-9H2,1-2H3/t12-,13+/m0/s1. The Kier molecular flexibility index (Phi) is 6.32. The zero-order chi connectivity index (χ0) is 15.9. The third kappa shape index (κ3) is 4.77. The van der Waals surface area contributed by atoms with Crippen molar-refractivity contribution in [1.29, 1.82) is 0 Å². The topological polar surface area (TPSA) is 93.3 Å². The molecular formula is C14H20N4O3S. The molecule has 2 atom stereocenters. The Morgan fingerprint density at radius 1 is 1.27 bits per heavy atom. The Bertz CT molecular complexity index is 576. The number of aryl methyl sites for hydroxylation is 1. The van der Waals surface area contributed by atoms with Crippen molar-refractivity contribution in [1.82, 2.24) is 20.2 Å². The maximum atomic E-state index is 10.2. The molecule has 0 unspecified atom stereocenters. The van der Waals surface area contributed by atoms with E-state index in [-0.39, 0.29) is 6.42 Å². The van der Waals surface area contributed by atoms with Crippen LogP contribution in [0.2, 0.25) is 0 Å². The molecule has 22 heavy (non-hydrogen) atoms. The van der Waals surface area contributed by atoms with Crippen molar-refractivity contribution in [2.75, 3.05) is 12.9 Å². The molecule has 2 N–H and O–H groups in total. The van der Waals surface area contributed by atoms with Gasteiger partial charge in [0.05, 0.1) is 18.8 Å². The maximum Gasteiger partial charge on any atom is 0.209 e. The van der Waals surface area contributed by atoms with Crippen molar-refractivity contribution in [3.63, 3.8) is 0 Å². The van der Waals surface area contributed by atoms with Crippen LogP contribution in [0.3, 0.4) is 0 Å². The average molecular weight is 324 g/mol. The van der Waals surface area contributed by atoms with Crippen molar-refractivity contribution in [2.24, 2.45) is 7.05 Å². The van der Waals surface area contributed by atoms with Gasteiger partial charge >= 0.3 is 0 Å². The molecule has 2 aromatic rings. The molecule has 0 aliphatic rings. The molecule has 1 heterocycles. The average Bonchev–Trinajstić information content (AvgIpc) is 2.91. The van der Waals surface area contributed by atoms with Gasteiger partial charge in [-0.25, -0.2) is 4.68 Å². The van der Waals surface area contributed by atoms with Crippen molar-refractivity contribution >= 4 is 11.8 Å². The minimum Gasteiger partial charge on any atom is -0.392 e. The lowest BCUT2D eigenvalue weighted by Crippen LogP contribution is -2.15. The van der Waals surface area contributed by atoms with Crippen LogP contribution in [0, 0.1) is 0 Å². The van der Waals surface area contributed by atoms with Gasteiger partial charge in [-0.3, -0.25) is 0 Å². The van der Waals surface area contributed by atoms with E-state index in [0.717, 1.165) is 11.1 Å². The van der Waals surface area contributed by atoms with E-state index in [1.165, 1.54) is 11.8 Å². The second-order valence-electron chi connectivity index (χ2n) is 4.98. The Morgan fingerprint density at radius 2 is 2.00 bits per heavy atom. The molecule has 0 bridgehead atoms. The number of hydrogen-bond acceptors (Lipinski definition) is 7. The number of tetrazole rings is 1. The summed E-state index contributed by atoms with van der Waals surface area (Å²) in [5.41, 5.74) is 1.83. The lowest BCUT2D eigenvalue weighted by Gasteiger charge is -2.15. The van der Waals surface area contributed by atoms with E-state index in [9.17, 15) is 10.2 Å². The van der Waals surface area contributed by atoms with Gasteiger partial charge in [-0.1, -0.05) is 36.0 Å². The van der Waals surface area contributed by atoms with Crippen molar-refractivity contribution in [3.8, 4) is 0 Å². The van der Waals surface area contributed by atoms with Crippen LogP contribution in [0.25, 0.3) is 0 Å². The number of benzene rings is 1. The lowest BCUT2D eigenvalue weighted by atomic mass is 10.0. The van der Waals surface area contributed by atoms with Gasteiger partial charge < -0.3 is 14.9 Å². The summed E-state index contributed by atoms with van der Waals surface area (Å²) in [5, 5.41) is 31.9. The van der Waals surface area contributed by atoms with E-state index >= 15 is 0 Å². The van der Waals surface area contributed by atoms with Crippen LogP contribution < -0.4 is 0 Å². The number of aliphatic hydroxyl groups is 2. The number of hydrogen-bond donors (Lipinski definition) is 2. The summed E-state index contributed by atoms with van der Waals surface area (Å²) in [4.78, 5) is 0. The first-order chi connectivity index (χ1) is 10.6. The van der Waals surface area contributed by atoms with Gasteiger partial charge in [-0.15, -0.1) is 5.10 Å². The first-order valence-electron chi connectivity index (χ1n) is 6.89. The summed E-state index contributed by atoms with van der Waals surface area (Å²) in [6.45, 7) is 0.543. The van der Waals surface area contributed by atoms with E-state index in [1.807, 2.05) is 24.3 Å². The number of ether oxygens (including phenoxy) is 1. The Labute approximate surface area is 133 Å². The van der Waals surface area contributed by atoms with Crippen LogP contribution >= 0.6 is 11.8 Å². The van der Waals surface area contributed by atoms with Crippen LogP contribution in [0.4, 0.5) is 0 Å². The number of methoxy groups -OCH3 is 1. The van der Waals surface area contributed by atoms with Crippen LogP contribution in [-0.4, -0.2) is 49.4 Å². The van der Waals surface area contributed by atoms with Crippen LogP contribution in [0.15, 0.2) is 29.4 Å². The van der Waals surface area contributed by atoms with E-state index in [2.05, 4.69) is 15.5 Å². The van der Waals surface area contributed by atoms with E-state index in [1.54, 1.807) is 18.8 Å². The second kappa shape index (κ2) is 8.23. The number of aliphatic hydroxyl groups excluding tert-OH is 2. The summed E-state index contributed by atoms with van der Waals surface area (Å²) in [6, 6.07) is 7.53. The predicted molar refractivity (Wildman–Crippen MR) is 82.3 cm³/mol. The highest BCUT2D eigenvalue weighted by atomic mass is 32.2. The highest BCUT2D eigenvalue weighted by Gasteiger charge is 2.15. The molecule has 0 spiro atoms. The third-order valence-electron chi connectivity index (χ3n) is 3.16. The molecule has 8 heteroatoms. The maximum absolute atomic E-state index is 10.2. The van der Waals surface area contributed by atoms with Gasteiger partial charge in [0, 0.05) is 26.3 Å². The van der Waals surface area contributed by atoms with Crippen LogP contribution in [0.5, 0.6) is 0 Å². The van der Waals surface area contributed by atoms with E-state index in [4.69, 9.17) is 4.74 Å². The Hall–Kier alpha value is -1.48. The number of rotatable bonds is 8. The number of nitrogens with zero attached hydrogens (tertiary/aromatic N) is 4. The minimum absolute atomic E-state index is 0.266. The molecule has 0 fully saturated rings. The highest BCUT2D eigenvalue weighted by Crippen LogP contribution is 2.22. The molecule has 2 rings (SSSR count). The van der Waals surface area contributed by atoms with Crippen molar-refractivity contribution in [2.45, 2.75) is 30.4 Å². The van der Waals surface area contributed by atoms with E-state index in [0.29, 0.717) is 17.5 Å². The molecule has 7 nitrogen and oxygen atoms in total. The monoisotopic (exact) mass is 324 g/mol. The largest absolute Gasteiger partial charge is 0.392 e. The summed E-state index contributed by atoms with van der Waals surface area (Å²) >= 11 is 1.36. The fourth-order valence-corrected chi connectivity index (χ4v) is 2.77. The first-order valence-corrected chi connectivity index (χ1v) is 7.87. The van der Waals surface area contributed by atoms with Crippen molar-refractivity contribution in [3.05, 3.63) is 35.4 Å². The third-order valence-corrected chi connectivity index (χ3v) is 4.31. The summed E-state index contributed by atoms with van der Waals surface area (Å²) < 4.78 is 6.59. The van der Waals surface area contributed by atoms with Crippen LogP contribution in [0.1, 0.15) is 23.7 Å². The molecule has 0 radical (unpaired) electrons. The summed E-state index contributed by atoms with van der Waals surface area (Å²) in [7, 11) is 3.38. The molecule has 120 valence electrons. The van der Waals surface area contributed by atoms with Gasteiger partial charge in [0.25, 0.3) is 0 Å². The molecule has 0 saturated carbocycles. The summed E-state index contributed by atoms with van der Waals surface area (Å²) in [5.74, 6) is 0.424.